The summed E-state index contributed by atoms with van der Waals surface area (Å²) in [6.07, 6.45) is 2.27. The Morgan fingerprint density at radius 1 is 1.47 bits per heavy atom. The number of pyridine rings is 1. The van der Waals surface area contributed by atoms with E-state index in [-0.39, 0.29) is 5.56 Å². The maximum absolute atomic E-state index is 11.0. The summed E-state index contributed by atoms with van der Waals surface area (Å²) in [6.45, 7) is 4.14. The first-order chi connectivity index (χ1) is 8.06. The van der Waals surface area contributed by atoms with Crippen molar-refractivity contribution in [1.29, 1.82) is 0 Å². The first-order valence-electron chi connectivity index (χ1n) is 5.72. The van der Waals surface area contributed by atoms with Gasteiger partial charge in [-0.15, -0.1) is 0 Å². The van der Waals surface area contributed by atoms with Crippen molar-refractivity contribution in [3.8, 4) is 0 Å². The number of hydrogen-bond donors (Lipinski definition) is 1. The van der Waals surface area contributed by atoms with E-state index in [4.69, 9.17) is 5.11 Å². The van der Waals surface area contributed by atoms with E-state index in [1.54, 1.807) is 6.07 Å². The van der Waals surface area contributed by atoms with Crippen molar-refractivity contribution in [3.63, 3.8) is 0 Å². The van der Waals surface area contributed by atoms with Crippen LogP contribution in [0.25, 0.3) is 0 Å². The van der Waals surface area contributed by atoms with Crippen LogP contribution < -0.4 is 4.90 Å². The van der Waals surface area contributed by atoms with Gasteiger partial charge >= 0.3 is 5.97 Å². The maximum Gasteiger partial charge on any atom is 0.335 e. The van der Waals surface area contributed by atoms with Gasteiger partial charge in [0.15, 0.2) is 0 Å². The molecular formula is C12H15BrN2O2. The van der Waals surface area contributed by atoms with Crippen molar-refractivity contribution in [2.24, 2.45) is 5.92 Å². The zero-order chi connectivity index (χ0) is 12.4. The Labute approximate surface area is 109 Å². The van der Waals surface area contributed by atoms with Crippen LogP contribution >= 0.6 is 15.9 Å². The minimum Gasteiger partial charge on any atom is -0.478 e. The molecule has 0 saturated carbocycles. The van der Waals surface area contributed by atoms with Crippen molar-refractivity contribution in [2.75, 3.05) is 18.0 Å². The van der Waals surface area contributed by atoms with Gasteiger partial charge in [0.05, 0.1) is 5.56 Å². The lowest BCUT2D eigenvalue weighted by Gasteiger charge is -2.31. The predicted octanol–water partition coefficient (Wildman–Crippen LogP) is 2.78. The number of aromatic carboxylic acids is 1. The Bertz CT molecular complexity index is 429. The lowest BCUT2D eigenvalue weighted by molar-refractivity contribution is 0.0696. The zero-order valence-electron chi connectivity index (χ0n) is 9.69. The third-order valence-corrected chi connectivity index (χ3v) is 3.54. The number of carboxylic acids is 1. The lowest BCUT2D eigenvalue weighted by atomic mass is 9.99. The molecule has 0 aromatic carbocycles. The molecule has 0 unspecified atom stereocenters. The van der Waals surface area contributed by atoms with Crippen LogP contribution in [-0.4, -0.2) is 29.1 Å². The number of carboxylic acid groups (broad SMARTS) is 1. The minimum absolute atomic E-state index is 0.278. The highest BCUT2D eigenvalue weighted by Crippen LogP contribution is 2.24. The van der Waals surface area contributed by atoms with Crippen LogP contribution in [0.3, 0.4) is 0 Å². The number of halogens is 1. The molecule has 1 fully saturated rings. The molecule has 1 aromatic heterocycles. The van der Waals surface area contributed by atoms with Crippen molar-refractivity contribution in [3.05, 3.63) is 22.3 Å². The van der Waals surface area contributed by atoms with Gasteiger partial charge in [-0.1, -0.05) is 6.92 Å². The number of aromatic nitrogens is 1. The highest BCUT2D eigenvalue weighted by atomic mass is 79.9. The Hall–Kier alpha value is -1.10. The van der Waals surface area contributed by atoms with Crippen LogP contribution in [0.5, 0.6) is 0 Å². The molecule has 4 nitrogen and oxygen atoms in total. The zero-order valence-corrected chi connectivity index (χ0v) is 11.3. The lowest BCUT2D eigenvalue weighted by Crippen LogP contribution is -2.33. The van der Waals surface area contributed by atoms with Crippen LogP contribution in [0.15, 0.2) is 16.7 Å². The van der Waals surface area contributed by atoms with E-state index in [1.807, 2.05) is 0 Å². The second kappa shape index (κ2) is 5.04. The molecule has 0 bridgehead atoms. The highest BCUT2D eigenvalue weighted by Gasteiger charge is 2.18. The number of hydrogen-bond acceptors (Lipinski definition) is 3. The highest BCUT2D eigenvalue weighted by molar-refractivity contribution is 9.10. The average molecular weight is 299 g/mol. The van der Waals surface area contributed by atoms with Crippen molar-refractivity contribution < 1.29 is 9.90 Å². The molecule has 92 valence electrons. The van der Waals surface area contributed by atoms with Gasteiger partial charge in [-0.05, 0) is 46.8 Å². The standard InChI is InChI=1S/C12H15BrN2O2/c1-8-2-4-15(5-3-8)11-7-9(12(16)17)6-10(13)14-11/h6-8H,2-5H2,1H3,(H,16,17). The molecule has 1 aliphatic heterocycles. The summed E-state index contributed by atoms with van der Waals surface area (Å²) < 4.78 is 0.575. The number of piperidine rings is 1. The predicted molar refractivity (Wildman–Crippen MR) is 69.5 cm³/mol. The van der Waals surface area contributed by atoms with Gasteiger partial charge in [0.2, 0.25) is 0 Å². The fourth-order valence-electron chi connectivity index (χ4n) is 2.01. The van der Waals surface area contributed by atoms with E-state index >= 15 is 0 Å². The molecule has 2 heterocycles. The van der Waals surface area contributed by atoms with Crippen molar-refractivity contribution >= 4 is 27.7 Å². The van der Waals surface area contributed by atoms with Gasteiger partial charge in [-0.25, -0.2) is 9.78 Å². The molecule has 2 rings (SSSR count). The van der Waals surface area contributed by atoms with E-state index in [0.29, 0.717) is 4.60 Å². The van der Waals surface area contributed by atoms with E-state index in [2.05, 4.69) is 32.7 Å². The van der Waals surface area contributed by atoms with Crippen molar-refractivity contribution in [2.45, 2.75) is 19.8 Å². The molecule has 1 N–H and O–H groups in total. The summed E-state index contributed by atoms with van der Waals surface area (Å²) >= 11 is 3.26. The molecule has 1 aliphatic rings. The smallest absolute Gasteiger partial charge is 0.335 e. The molecular weight excluding hydrogens is 284 g/mol. The Morgan fingerprint density at radius 3 is 2.71 bits per heavy atom. The van der Waals surface area contributed by atoms with E-state index in [9.17, 15) is 4.79 Å². The molecule has 0 aliphatic carbocycles. The van der Waals surface area contributed by atoms with E-state index < -0.39 is 5.97 Å². The monoisotopic (exact) mass is 298 g/mol. The van der Waals surface area contributed by atoms with Gasteiger partial charge in [0.25, 0.3) is 0 Å². The molecule has 5 heteroatoms. The topological polar surface area (TPSA) is 53.4 Å². The number of anilines is 1. The van der Waals surface area contributed by atoms with Crippen LogP contribution in [0.4, 0.5) is 5.82 Å². The van der Waals surface area contributed by atoms with Crippen LogP contribution in [0.1, 0.15) is 30.1 Å². The quantitative estimate of drug-likeness (QED) is 0.853. The van der Waals surface area contributed by atoms with Gasteiger partial charge in [-0.3, -0.25) is 0 Å². The van der Waals surface area contributed by atoms with Gasteiger partial charge < -0.3 is 10.0 Å². The molecule has 0 atom stereocenters. The van der Waals surface area contributed by atoms with E-state index in [1.165, 1.54) is 6.07 Å². The SMILES string of the molecule is CC1CCN(c2cc(C(=O)O)cc(Br)n2)CC1. The largest absolute Gasteiger partial charge is 0.478 e. The molecule has 0 amide bonds. The molecule has 0 radical (unpaired) electrons. The Morgan fingerprint density at radius 2 is 2.12 bits per heavy atom. The molecule has 1 saturated heterocycles. The van der Waals surface area contributed by atoms with Crippen LogP contribution in [0, 0.1) is 5.92 Å². The molecule has 17 heavy (non-hydrogen) atoms. The summed E-state index contributed by atoms with van der Waals surface area (Å²) in [5, 5.41) is 9.01. The number of rotatable bonds is 2. The second-order valence-electron chi connectivity index (χ2n) is 4.51. The number of nitrogens with zero attached hydrogens (tertiary/aromatic N) is 2. The summed E-state index contributed by atoms with van der Waals surface area (Å²) in [4.78, 5) is 17.5. The fourth-order valence-corrected chi connectivity index (χ4v) is 2.43. The summed E-state index contributed by atoms with van der Waals surface area (Å²) in [6, 6.07) is 3.17. The van der Waals surface area contributed by atoms with Crippen LogP contribution in [0.2, 0.25) is 0 Å². The van der Waals surface area contributed by atoms with Crippen LogP contribution in [-0.2, 0) is 0 Å². The first-order valence-corrected chi connectivity index (χ1v) is 6.51. The van der Waals surface area contributed by atoms with Gasteiger partial charge in [-0.2, -0.15) is 0 Å². The third-order valence-electron chi connectivity index (χ3n) is 3.14. The van der Waals surface area contributed by atoms with Gasteiger partial charge in [0, 0.05) is 13.1 Å². The first kappa shape index (κ1) is 12.4. The number of carbonyl (C=O) groups is 1. The maximum atomic E-state index is 11.0. The summed E-state index contributed by atoms with van der Waals surface area (Å²) in [5.41, 5.74) is 0.278. The molecule has 1 aromatic rings. The second-order valence-corrected chi connectivity index (χ2v) is 5.32. The third kappa shape index (κ3) is 2.97. The average Bonchev–Trinajstić information content (AvgIpc) is 2.29. The van der Waals surface area contributed by atoms with Gasteiger partial charge in [0.1, 0.15) is 10.4 Å². The van der Waals surface area contributed by atoms with E-state index in [0.717, 1.165) is 37.7 Å². The molecule has 0 spiro atoms. The summed E-state index contributed by atoms with van der Waals surface area (Å²) in [5.74, 6) is 0.584. The minimum atomic E-state index is -0.917. The Kier molecular flexibility index (Phi) is 3.66. The van der Waals surface area contributed by atoms with Crippen molar-refractivity contribution in [1.82, 2.24) is 4.98 Å². The fraction of sp³-hybridized carbons (Fsp3) is 0.500. The normalized spacial score (nSPS) is 17.2. The summed E-state index contributed by atoms with van der Waals surface area (Å²) in [7, 11) is 0. The Balaban J connectivity index is 2.23.